The zero-order valence-electron chi connectivity index (χ0n) is 10.3. The molecule has 0 bridgehead atoms. The molecule has 96 valence electrons. The number of hydrogen-bond donors (Lipinski definition) is 1. The summed E-state index contributed by atoms with van der Waals surface area (Å²) >= 11 is 0. The molecule has 4 nitrogen and oxygen atoms in total. The molecule has 0 aliphatic heterocycles. The highest BCUT2D eigenvalue weighted by Crippen LogP contribution is 2.24. The number of anilines is 2. The van der Waals surface area contributed by atoms with Crippen LogP contribution in [0.2, 0.25) is 0 Å². The van der Waals surface area contributed by atoms with Crippen molar-refractivity contribution >= 4 is 22.4 Å². The maximum atomic E-state index is 13.7. The number of benzene rings is 2. The van der Waals surface area contributed by atoms with Gasteiger partial charge >= 0.3 is 0 Å². The van der Waals surface area contributed by atoms with Crippen molar-refractivity contribution in [2.45, 2.75) is 0 Å². The number of nitrogens with one attached hydrogen (secondary N) is 1. The highest BCUT2D eigenvalue weighted by Gasteiger charge is 2.07. The predicted octanol–water partition coefficient (Wildman–Crippen LogP) is 3.38. The molecule has 0 aliphatic rings. The Morgan fingerprint density at radius 2 is 1.95 bits per heavy atom. The summed E-state index contributed by atoms with van der Waals surface area (Å²) in [5, 5.41) is 12.6. The second-order valence-corrected chi connectivity index (χ2v) is 4.18. The van der Waals surface area contributed by atoms with Crippen molar-refractivity contribution in [2.75, 3.05) is 5.32 Å². The van der Waals surface area contributed by atoms with Gasteiger partial charge in [-0.15, -0.1) is 0 Å². The fourth-order valence-corrected chi connectivity index (χ4v) is 1.95. The second kappa shape index (κ2) is 4.94. The van der Waals surface area contributed by atoms with Gasteiger partial charge in [0, 0.05) is 11.1 Å². The molecule has 20 heavy (non-hydrogen) atoms. The van der Waals surface area contributed by atoms with Crippen LogP contribution in [0.15, 0.2) is 48.8 Å². The second-order valence-electron chi connectivity index (χ2n) is 4.18. The minimum atomic E-state index is -0.390. The summed E-state index contributed by atoms with van der Waals surface area (Å²) in [5.41, 5.74) is 1.52. The minimum absolute atomic E-state index is 0.265. The first-order valence-corrected chi connectivity index (χ1v) is 5.94. The molecule has 0 radical (unpaired) electrons. The molecule has 0 amide bonds. The maximum Gasteiger partial charge on any atom is 0.149 e. The van der Waals surface area contributed by atoms with Gasteiger partial charge in [0.05, 0.1) is 11.6 Å². The Morgan fingerprint density at radius 3 is 2.80 bits per heavy atom. The van der Waals surface area contributed by atoms with Gasteiger partial charge in [0.1, 0.15) is 23.5 Å². The third-order valence-corrected chi connectivity index (χ3v) is 2.87. The Kier molecular flexibility index (Phi) is 2.98. The van der Waals surface area contributed by atoms with E-state index in [4.69, 9.17) is 5.26 Å². The molecule has 0 aliphatic carbocycles. The number of halogens is 1. The standard InChI is InChI=1S/C15H9FN4/c16-13-6-2-5-12-14(13)18-9-19-15(12)20-11-4-1-3-10(7-11)8-17/h1-7,9H,(H,18,19,20). The van der Waals surface area contributed by atoms with Crippen LogP contribution in [0.1, 0.15) is 5.56 Å². The first kappa shape index (κ1) is 12.1. The van der Waals surface area contributed by atoms with Crippen molar-refractivity contribution in [1.82, 2.24) is 9.97 Å². The van der Waals surface area contributed by atoms with Crippen LogP contribution in [0.25, 0.3) is 10.9 Å². The SMILES string of the molecule is N#Cc1cccc(Nc2ncnc3c(F)cccc23)c1. The number of aromatic nitrogens is 2. The normalized spacial score (nSPS) is 10.2. The molecule has 3 rings (SSSR count). The summed E-state index contributed by atoms with van der Waals surface area (Å²) in [6.45, 7) is 0. The monoisotopic (exact) mass is 264 g/mol. The molecule has 0 spiro atoms. The van der Waals surface area contributed by atoms with Crippen LogP contribution in [0.4, 0.5) is 15.9 Å². The molecule has 5 heteroatoms. The van der Waals surface area contributed by atoms with Gasteiger partial charge < -0.3 is 5.32 Å². The molecule has 0 saturated heterocycles. The van der Waals surface area contributed by atoms with Gasteiger partial charge in [0.25, 0.3) is 0 Å². The summed E-state index contributed by atoms with van der Waals surface area (Å²) in [7, 11) is 0. The number of nitriles is 1. The van der Waals surface area contributed by atoms with E-state index in [0.29, 0.717) is 22.5 Å². The lowest BCUT2D eigenvalue weighted by Gasteiger charge is -2.08. The average Bonchev–Trinajstić information content (AvgIpc) is 2.49. The largest absolute Gasteiger partial charge is 0.340 e. The Bertz CT molecular complexity index is 823. The van der Waals surface area contributed by atoms with Crippen LogP contribution in [-0.2, 0) is 0 Å². The fraction of sp³-hybridized carbons (Fsp3) is 0. The van der Waals surface area contributed by atoms with E-state index in [1.54, 1.807) is 30.3 Å². The highest BCUT2D eigenvalue weighted by molar-refractivity contribution is 5.90. The lowest BCUT2D eigenvalue weighted by atomic mass is 10.2. The summed E-state index contributed by atoms with van der Waals surface area (Å²) in [5.74, 6) is 0.114. The van der Waals surface area contributed by atoms with Gasteiger partial charge in [-0.05, 0) is 30.3 Å². The van der Waals surface area contributed by atoms with Crippen LogP contribution < -0.4 is 5.32 Å². The molecule has 1 heterocycles. The molecule has 2 aromatic carbocycles. The van der Waals surface area contributed by atoms with Gasteiger partial charge in [0.15, 0.2) is 0 Å². The van der Waals surface area contributed by atoms with Gasteiger partial charge in [-0.25, -0.2) is 14.4 Å². The van der Waals surface area contributed by atoms with E-state index in [9.17, 15) is 4.39 Å². The van der Waals surface area contributed by atoms with E-state index in [0.717, 1.165) is 0 Å². The maximum absolute atomic E-state index is 13.7. The third-order valence-electron chi connectivity index (χ3n) is 2.87. The van der Waals surface area contributed by atoms with E-state index in [2.05, 4.69) is 21.4 Å². The number of fused-ring (bicyclic) bond motifs is 1. The average molecular weight is 264 g/mol. The van der Waals surface area contributed by atoms with Crippen molar-refractivity contribution in [2.24, 2.45) is 0 Å². The van der Waals surface area contributed by atoms with Crippen LogP contribution in [0, 0.1) is 17.1 Å². The summed E-state index contributed by atoms with van der Waals surface area (Å²) in [6, 6.07) is 13.8. The highest BCUT2D eigenvalue weighted by atomic mass is 19.1. The van der Waals surface area contributed by atoms with Crippen molar-refractivity contribution in [1.29, 1.82) is 5.26 Å². The third kappa shape index (κ3) is 2.15. The fourth-order valence-electron chi connectivity index (χ4n) is 1.95. The van der Waals surface area contributed by atoms with E-state index >= 15 is 0 Å². The van der Waals surface area contributed by atoms with Gasteiger partial charge in [-0.2, -0.15) is 5.26 Å². The van der Waals surface area contributed by atoms with E-state index in [1.807, 2.05) is 6.07 Å². The molecule has 1 N–H and O–H groups in total. The first-order chi connectivity index (χ1) is 9.78. The van der Waals surface area contributed by atoms with Gasteiger partial charge in [-0.3, -0.25) is 0 Å². The van der Waals surface area contributed by atoms with E-state index in [1.165, 1.54) is 12.4 Å². The van der Waals surface area contributed by atoms with Crippen molar-refractivity contribution in [3.8, 4) is 6.07 Å². The number of hydrogen-bond acceptors (Lipinski definition) is 4. The number of rotatable bonds is 2. The topological polar surface area (TPSA) is 61.6 Å². The summed E-state index contributed by atoms with van der Waals surface area (Å²) < 4.78 is 13.7. The summed E-state index contributed by atoms with van der Waals surface area (Å²) in [4.78, 5) is 8.07. The smallest absolute Gasteiger partial charge is 0.149 e. The molecular formula is C15H9FN4. The molecule has 0 unspecified atom stereocenters. The van der Waals surface area contributed by atoms with Crippen LogP contribution >= 0.6 is 0 Å². The lowest BCUT2D eigenvalue weighted by Crippen LogP contribution is -1.97. The molecule has 0 atom stereocenters. The van der Waals surface area contributed by atoms with Gasteiger partial charge in [-0.1, -0.05) is 12.1 Å². The van der Waals surface area contributed by atoms with Crippen molar-refractivity contribution in [3.63, 3.8) is 0 Å². The van der Waals surface area contributed by atoms with Crippen LogP contribution in [0.3, 0.4) is 0 Å². The quantitative estimate of drug-likeness (QED) is 0.770. The lowest BCUT2D eigenvalue weighted by molar-refractivity contribution is 0.636. The van der Waals surface area contributed by atoms with E-state index in [-0.39, 0.29) is 5.52 Å². The molecule has 0 fully saturated rings. The Morgan fingerprint density at radius 1 is 1.10 bits per heavy atom. The predicted molar refractivity (Wildman–Crippen MR) is 73.9 cm³/mol. The van der Waals surface area contributed by atoms with E-state index < -0.39 is 5.82 Å². The number of para-hydroxylation sites is 1. The molecule has 3 aromatic rings. The first-order valence-electron chi connectivity index (χ1n) is 5.94. The van der Waals surface area contributed by atoms with Crippen molar-refractivity contribution < 1.29 is 4.39 Å². The molecule has 0 saturated carbocycles. The number of nitrogens with zero attached hydrogens (tertiary/aromatic N) is 3. The zero-order chi connectivity index (χ0) is 13.9. The van der Waals surface area contributed by atoms with Crippen molar-refractivity contribution in [3.05, 3.63) is 60.2 Å². The Labute approximate surface area is 114 Å². The Balaban J connectivity index is 2.07. The Hall–Kier alpha value is -3.00. The minimum Gasteiger partial charge on any atom is -0.340 e. The molecule has 1 aromatic heterocycles. The summed E-state index contributed by atoms with van der Waals surface area (Å²) in [6.07, 6.45) is 1.31. The van der Waals surface area contributed by atoms with Crippen LogP contribution in [0.5, 0.6) is 0 Å². The molecular weight excluding hydrogens is 255 g/mol. The zero-order valence-corrected chi connectivity index (χ0v) is 10.3. The van der Waals surface area contributed by atoms with Gasteiger partial charge in [0.2, 0.25) is 0 Å². The van der Waals surface area contributed by atoms with Crippen LogP contribution in [-0.4, -0.2) is 9.97 Å².